The Balaban J connectivity index is 2.59. The maximum absolute atomic E-state index is 12.2. The number of hydrogen-bond donors (Lipinski definition) is 5. The highest BCUT2D eigenvalue weighted by Gasteiger charge is 2.29. The number of aliphatic hydroxyl groups is 1. The van der Waals surface area contributed by atoms with Crippen LogP contribution in [-0.4, -0.2) is 53.4 Å². The zero-order chi connectivity index (χ0) is 16.7. The molecule has 126 valence electrons. The Morgan fingerprint density at radius 1 is 1.36 bits per heavy atom. The summed E-state index contributed by atoms with van der Waals surface area (Å²) in [6, 6.07) is -1.43. The van der Waals surface area contributed by atoms with Crippen LogP contribution in [0.5, 0.6) is 0 Å². The molecule has 3 amide bonds. The van der Waals surface area contributed by atoms with E-state index in [1.54, 1.807) is 0 Å². The minimum Gasteiger partial charge on any atom is -0.465 e. The third kappa shape index (κ3) is 5.88. The van der Waals surface area contributed by atoms with Crippen molar-refractivity contribution in [3.05, 3.63) is 0 Å². The summed E-state index contributed by atoms with van der Waals surface area (Å²) >= 11 is 0. The van der Waals surface area contributed by atoms with Crippen LogP contribution >= 0.6 is 0 Å². The summed E-state index contributed by atoms with van der Waals surface area (Å²) < 4.78 is 0. The molecule has 3 unspecified atom stereocenters. The third-order valence-electron chi connectivity index (χ3n) is 3.62. The molecule has 3 atom stereocenters. The molecule has 0 saturated carbocycles. The molecule has 22 heavy (non-hydrogen) atoms. The molecule has 0 aromatic carbocycles. The van der Waals surface area contributed by atoms with Crippen molar-refractivity contribution in [2.24, 2.45) is 11.8 Å². The van der Waals surface area contributed by atoms with Gasteiger partial charge in [-0.2, -0.15) is 0 Å². The van der Waals surface area contributed by atoms with Crippen LogP contribution in [0.2, 0.25) is 0 Å². The molecular formula is C14H25N3O5. The van der Waals surface area contributed by atoms with Gasteiger partial charge in [0, 0.05) is 12.5 Å². The van der Waals surface area contributed by atoms with Crippen LogP contribution in [0.1, 0.15) is 33.1 Å². The molecular weight excluding hydrogens is 290 g/mol. The van der Waals surface area contributed by atoms with E-state index in [0.717, 1.165) is 0 Å². The fourth-order valence-corrected chi connectivity index (χ4v) is 2.55. The number of hydrogen-bond acceptors (Lipinski definition) is 4. The third-order valence-corrected chi connectivity index (χ3v) is 3.62. The maximum Gasteiger partial charge on any atom is 0.405 e. The number of rotatable bonds is 8. The van der Waals surface area contributed by atoms with E-state index in [1.807, 2.05) is 13.8 Å². The molecule has 1 saturated heterocycles. The van der Waals surface area contributed by atoms with Gasteiger partial charge in [-0.05, 0) is 25.2 Å². The number of carbonyl (C=O) groups excluding carboxylic acids is 2. The van der Waals surface area contributed by atoms with Crippen LogP contribution in [0, 0.1) is 11.8 Å². The van der Waals surface area contributed by atoms with Crippen LogP contribution in [0.25, 0.3) is 0 Å². The van der Waals surface area contributed by atoms with E-state index in [9.17, 15) is 19.5 Å². The Hall–Kier alpha value is -1.83. The molecule has 0 aromatic heterocycles. The fraction of sp³-hybridized carbons (Fsp3) is 0.786. The number of aliphatic hydroxyl groups excluding tert-OH is 1. The molecule has 1 aliphatic rings. The maximum atomic E-state index is 12.2. The van der Waals surface area contributed by atoms with Crippen LogP contribution < -0.4 is 16.0 Å². The quantitative estimate of drug-likeness (QED) is 0.419. The Labute approximate surface area is 129 Å². The van der Waals surface area contributed by atoms with Crippen molar-refractivity contribution < 1.29 is 24.6 Å². The van der Waals surface area contributed by atoms with E-state index >= 15 is 0 Å². The molecule has 1 aliphatic heterocycles. The van der Waals surface area contributed by atoms with E-state index in [2.05, 4.69) is 16.0 Å². The van der Waals surface area contributed by atoms with Gasteiger partial charge in [0.15, 0.2) is 0 Å². The molecule has 0 aromatic rings. The van der Waals surface area contributed by atoms with Gasteiger partial charge in [-0.15, -0.1) is 0 Å². The lowest BCUT2D eigenvalue weighted by Crippen LogP contribution is -2.51. The number of carboxylic acid groups (broad SMARTS) is 1. The standard InChI is InChI=1S/C14H25N3O5/c1-8(2)5-11(17-14(21)22)13(20)16-10(7-18)6-9-3-4-15-12(9)19/h8-11,17-18H,3-7H2,1-2H3,(H,15,19)(H,16,20)(H,21,22). The van der Waals surface area contributed by atoms with Crippen molar-refractivity contribution in [2.75, 3.05) is 13.2 Å². The molecule has 8 nitrogen and oxygen atoms in total. The summed E-state index contributed by atoms with van der Waals surface area (Å²) in [7, 11) is 0. The zero-order valence-corrected chi connectivity index (χ0v) is 13.0. The Bertz CT molecular complexity index is 413. The van der Waals surface area contributed by atoms with Gasteiger partial charge >= 0.3 is 6.09 Å². The first-order valence-corrected chi connectivity index (χ1v) is 7.51. The summed E-state index contributed by atoms with van der Waals surface area (Å²) in [6.45, 7) is 4.08. The first-order valence-electron chi connectivity index (χ1n) is 7.51. The zero-order valence-electron chi connectivity index (χ0n) is 13.0. The van der Waals surface area contributed by atoms with Crippen LogP contribution in [0.3, 0.4) is 0 Å². The van der Waals surface area contributed by atoms with Gasteiger partial charge in [0.2, 0.25) is 11.8 Å². The summed E-state index contributed by atoms with van der Waals surface area (Å²) in [6.07, 6.45) is 0.112. The summed E-state index contributed by atoms with van der Waals surface area (Å²) in [5.74, 6) is -0.645. The Morgan fingerprint density at radius 3 is 2.50 bits per heavy atom. The van der Waals surface area contributed by atoms with Gasteiger partial charge in [0.1, 0.15) is 6.04 Å². The topological polar surface area (TPSA) is 128 Å². The second-order valence-corrected chi connectivity index (χ2v) is 6.03. The molecule has 0 aliphatic carbocycles. The number of amides is 3. The fourth-order valence-electron chi connectivity index (χ4n) is 2.55. The lowest BCUT2D eigenvalue weighted by atomic mass is 9.97. The highest BCUT2D eigenvalue weighted by atomic mass is 16.4. The first kappa shape index (κ1) is 18.2. The van der Waals surface area contributed by atoms with E-state index in [-0.39, 0.29) is 24.3 Å². The van der Waals surface area contributed by atoms with Gasteiger partial charge < -0.3 is 26.2 Å². The molecule has 1 fully saturated rings. The van der Waals surface area contributed by atoms with Crippen molar-refractivity contribution in [1.29, 1.82) is 0 Å². The minimum atomic E-state index is -1.27. The van der Waals surface area contributed by atoms with Gasteiger partial charge in [-0.25, -0.2) is 4.79 Å². The number of nitrogens with one attached hydrogen (secondary N) is 3. The monoisotopic (exact) mass is 315 g/mol. The minimum absolute atomic E-state index is 0.0740. The molecule has 1 heterocycles. The lowest BCUT2D eigenvalue weighted by Gasteiger charge is -2.23. The van der Waals surface area contributed by atoms with Crippen molar-refractivity contribution in [3.63, 3.8) is 0 Å². The smallest absolute Gasteiger partial charge is 0.405 e. The molecule has 0 spiro atoms. The predicted molar refractivity (Wildman–Crippen MR) is 79.2 cm³/mol. The second-order valence-electron chi connectivity index (χ2n) is 6.03. The van der Waals surface area contributed by atoms with Crippen molar-refractivity contribution in [3.8, 4) is 0 Å². The van der Waals surface area contributed by atoms with E-state index in [4.69, 9.17) is 5.11 Å². The van der Waals surface area contributed by atoms with E-state index in [0.29, 0.717) is 25.8 Å². The highest BCUT2D eigenvalue weighted by molar-refractivity contribution is 5.85. The average molecular weight is 315 g/mol. The SMILES string of the molecule is CC(C)CC(NC(=O)O)C(=O)NC(CO)CC1CCNC1=O. The Morgan fingerprint density at radius 2 is 2.05 bits per heavy atom. The van der Waals surface area contributed by atoms with Gasteiger partial charge in [0.25, 0.3) is 0 Å². The molecule has 5 N–H and O–H groups in total. The first-order chi connectivity index (χ1) is 10.3. The Kier molecular flexibility index (Phi) is 7.10. The highest BCUT2D eigenvalue weighted by Crippen LogP contribution is 2.16. The molecule has 1 rings (SSSR count). The van der Waals surface area contributed by atoms with Gasteiger partial charge in [-0.1, -0.05) is 13.8 Å². The van der Waals surface area contributed by atoms with Crippen LogP contribution in [0.15, 0.2) is 0 Å². The largest absolute Gasteiger partial charge is 0.465 e. The summed E-state index contributed by atoms with van der Waals surface area (Å²) in [4.78, 5) is 34.5. The van der Waals surface area contributed by atoms with Gasteiger partial charge in [-0.3, -0.25) is 9.59 Å². The average Bonchev–Trinajstić information content (AvgIpc) is 2.81. The van der Waals surface area contributed by atoms with Crippen LogP contribution in [0.4, 0.5) is 4.79 Å². The summed E-state index contributed by atoms with van der Waals surface area (Å²) in [5, 5.41) is 25.7. The lowest BCUT2D eigenvalue weighted by molar-refractivity contribution is -0.126. The number of carbonyl (C=O) groups is 3. The van der Waals surface area contributed by atoms with E-state index in [1.165, 1.54) is 0 Å². The van der Waals surface area contributed by atoms with Gasteiger partial charge in [0.05, 0.1) is 12.6 Å². The predicted octanol–water partition coefficient (Wildman–Crippen LogP) is -0.328. The molecule has 8 heteroatoms. The van der Waals surface area contributed by atoms with Crippen molar-refractivity contribution >= 4 is 17.9 Å². The molecule has 0 radical (unpaired) electrons. The summed E-state index contributed by atoms with van der Waals surface area (Å²) in [5.41, 5.74) is 0. The van der Waals surface area contributed by atoms with Crippen LogP contribution in [-0.2, 0) is 9.59 Å². The second kappa shape index (κ2) is 8.57. The van der Waals surface area contributed by atoms with Crippen molar-refractivity contribution in [2.45, 2.75) is 45.2 Å². The van der Waals surface area contributed by atoms with E-state index < -0.39 is 24.1 Å². The molecule has 0 bridgehead atoms. The normalized spacial score (nSPS) is 20.4. The van der Waals surface area contributed by atoms with Crippen molar-refractivity contribution in [1.82, 2.24) is 16.0 Å².